The maximum Gasteiger partial charge on any atom is 0.196 e. The molecule has 5 heteroatoms. The van der Waals surface area contributed by atoms with Gasteiger partial charge < -0.3 is 0 Å². The molecule has 0 aliphatic heterocycles. The Morgan fingerprint density at radius 2 is 1.71 bits per heavy atom. The number of nitrogens with zero attached hydrogens (tertiary/aromatic N) is 3. The molecule has 3 rings (SSSR count). The minimum absolute atomic E-state index is 0.852. The van der Waals surface area contributed by atoms with Gasteiger partial charge in [0.1, 0.15) is 0 Å². The molecule has 0 bridgehead atoms. The average molecular weight is 360 g/mol. The second-order valence-electron chi connectivity index (χ2n) is 4.39. The first-order valence-corrected chi connectivity index (χ1v) is 8.47. The molecule has 0 spiro atoms. The Hall–Kier alpha value is -1.59. The maximum atomic E-state index is 4.40. The highest BCUT2D eigenvalue weighted by molar-refractivity contribution is 9.10. The molecule has 0 radical (unpaired) electrons. The van der Waals surface area contributed by atoms with Crippen LogP contribution in [0.25, 0.3) is 17.1 Å². The van der Waals surface area contributed by atoms with Crippen LogP contribution in [0.5, 0.6) is 0 Å². The summed E-state index contributed by atoms with van der Waals surface area (Å²) in [5, 5.41) is 9.67. The van der Waals surface area contributed by atoms with E-state index in [2.05, 4.69) is 49.8 Å². The molecule has 3 aromatic rings. The Bertz CT molecular complexity index is 740. The summed E-state index contributed by atoms with van der Waals surface area (Å²) in [4.78, 5) is 0. The van der Waals surface area contributed by atoms with Crippen molar-refractivity contribution in [2.45, 2.75) is 12.1 Å². The molecule has 2 aromatic carbocycles. The van der Waals surface area contributed by atoms with Gasteiger partial charge in [0.15, 0.2) is 11.0 Å². The summed E-state index contributed by atoms with van der Waals surface area (Å²) in [5.41, 5.74) is 2.11. The van der Waals surface area contributed by atoms with Crippen LogP contribution >= 0.6 is 27.7 Å². The van der Waals surface area contributed by atoms with Crippen LogP contribution in [0.1, 0.15) is 6.92 Å². The number of para-hydroxylation sites is 1. The van der Waals surface area contributed by atoms with Gasteiger partial charge in [-0.3, -0.25) is 4.57 Å². The van der Waals surface area contributed by atoms with Crippen LogP contribution in [0.15, 0.2) is 64.2 Å². The summed E-state index contributed by atoms with van der Waals surface area (Å²) in [7, 11) is 0. The van der Waals surface area contributed by atoms with Crippen molar-refractivity contribution < 1.29 is 0 Å². The van der Waals surface area contributed by atoms with Crippen LogP contribution in [0.4, 0.5) is 0 Å². The van der Waals surface area contributed by atoms with E-state index in [-0.39, 0.29) is 0 Å². The molecule has 0 N–H and O–H groups in total. The molecular weight excluding hydrogens is 346 g/mol. The number of hydrogen-bond donors (Lipinski definition) is 0. The van der Waals surface area contributed by atoms with Gasteiger partial charge in [0.25, 0.3) is 0 Å². The van der Waals surface area contributed by atoms with Crippen LogP contribution in [0.2, 0.25) is 0 Å². The van der Waals surface area contributed by atoms with E-state index in [1.54, 1.807) is 11.8 Å². The molecule has 1 heterocycles. The minimum Gasteiger partial charge on any atom is -0.270 e. The molecule has 0 amide bonds. The summed E-state index contributed by atoms with van der Waals surface area (Å²) in [6.07, 6.45) is 0. The number of hydrogen-bond acceptors (Lipinski definition) is 3. The van der Waals surface area contributed by atoms with Crippen molar-refractivity contribution in [3.8, 4) is 17.1 Å². The van der Waals surface area contributed by atoms with Crippen molar-refractivity contribution in [1.29, 1.82) is 0 Å². The van der Waals surface area contributed by atoms with E-state index in [4.69, 9.17) is 0 Å². The Labute approximate surface area is 136 Å². The lowest BCUT2D eigenvalue weighted by Gasteiger charge is -2.10. The van der Waals surface area contributed by atoms with Gasteiger partial charge in [0, 0.05) is 15.7 Å². The fourth-order valence-electron chi connectivity index (χ4n) is 2.12. The summed E-state index contributed by atoms with van der Waals surface area (Å²) >= 11 is 5.29. The van der Waals surface area contributed by atoms with Crippen molar-refractivity contribution in [3.05, 3.63) is 59.1 Å². The van der Waals surface area contributed by atoms with Crippen molar-refractivity contribution in [3.63, 3.8) is 0 Å². The maximum absolute atomic E-state index is 4.40. The van der Waals surface area contributed by atoms with Crippen molar-refractivity contribution >= 4 is 27.7 Å². The molecule has 0 aliphatic rings. The lowest BCUT2D eigenvalue weighted by atomic mass is 10.2. The van der Waals surface area contributed by atoms with Crippen molar-refractivity contribution in [2.24, 2.45) is 0 Å². The van der Waals surface area contributed by atoms with Gasteiger partial charge >= 0.3 is 0 Å². The normalized spacial score (nSPS) is 10.8. The third-order valence-corrected chi connectivity index (χ3v) is 4.54. The van der Waals surface area contributed by atoms with E-state index in [0.717, 1.165) is 32.5 Å². The second kappa shape index (κ2) is 6.45. The van der Waals surface area contributed by atoms with E-state index in [9.17, 15) is 0 Å². The highest BCUT2D eigenvalue weighted by Gasteiger charge is 2.16. The number of benzene rings is 2. The van der Waals surface area contributed by atoms with Gasteiger partial charge in [-0.25, -0.2) is 0 Å². The Kier molecular flexibility index (Phi) is 4.41. The minimum atomic E-state index is 0.852. The lowest BCUT2D eigenvalue weighted by molar-refractivity contribution is 0.887. The predicted molar refractivity (Wildman–Crippen MR) is 90.9 cm³/mol. The number of rotatable bonds is 4. The van der Waals surface area contributed by atoms with E-state index in [1.807, 2.05) is 42.5 Å². The molecule has 0 saturated carbocycles. The predicted octanol–water partition coefficient (Wildman–Crippen LogP) is 4.81. The van der Waals surface area contributed by atoms with Crippen molar-refractivity contribution in [2.75, 3.05) is 5.75 Å². The van der Waals surface area contributed by atoms with Crippen LogP contribution in [-0.4, -0.2) is 20.5 Å². The third-order valence-electron chi connectivity index (χ3n) is 3.04. The van der Waals surface area contributed by atoms with Gasteiger partial charge in [-0.05, 0) is 24.0 Å². The van der Waals surface area contributed by atoms with Crippen LogP contribution < -0.4 is 0 Å². The first-order valence-electron chi connectivity index (χ1n) is 6.69. The second-order valence-corrected chi connectivity index (χ2v) is 6.48. The smallest absolute Gasteiger partial charge is 0.196 e. The summed E-state index contributed by atoms with van der Waals surface area (Å²) in [6, 6.07) is 18.3. The van der Waals surface area contributed by atoms with E-state index >= 15 is 0 Å². The van der Waals surface area contributed by atoms with Gasteiger partial charge in [-0.15, -0.1) is 10.2 Å². The molecule has 0 fully saturated rings. The Morgan fingerprint density at radius 1 is 1.00 bits per heavy atom. The van der Waals surface area contributed by atoms with Gasteiger partial charge in [-0.2, -0.15) is 0 Å². The molecule has 106 valence electrons. The fraction of sp³-hybridized carbons (Fsp3) is 0.125. The largest absolute Gasteiger partial charge is 0.270 e. The number of halogens is 1. The molecule has 0 unspecified atom stereocenters. The van der Waals surface area contributed by atoms with Gasteiger partial charge in [0.05, 0.1) is 0 Å². The van der Waals surface area contributed by atoms with Crippen LogP contribution in [0.3, 0.4) is 0 Å². The highest BCUT2D eigenvalue weighted by Crippen LogP contribution is 2.31. The first kappa shape index (κ1) is 14.4. The number of aromatic nitrogens is 3. The molecular formula is C16H14BrN3S. The van der Waals surface area contributed by atoms with Crippen LogP contribution in [-0.2, 0) is 0 Å². The SMILES string of the molecule is CCSc1nnc(-c2ccccc2Br)n1-c1ccccc1. The summed E-state index contributed by atoms with van der Waals surface area (Å²) in [5.74, 6) is 1.81. The first-order chi connectivity index (χ1) is 10.3. The quantitative estimate of drug-likeness (QED) is 0.626. The molecule has 1 aromatic heterocycles. The molecule has 0 saturated heterocycles. The topological polar surface area (TPSA) is 30.7 Å². The van der Waals surface area contributed by atoms with Crippen molar-refractivity contribution in [1.82, 2.24) is 14.8 Å². The van der Waals surface area contributed by atoms with E-state index < -0.39 is 0 Å². The monoisotopic (exact) mass is 359 g/mol. The van der Waals surface area contributed by atoms with Gasteiger partial charge in [-0.1, -0.05) is 71.0 Å². The third kappa shape index (κ3) is 2.89. The zero-order chi connectivity index (χ0) is 14.7. The summed E-state index contributed by atoms with van der Waals surface area (Å²) in [6.45, 7) is 2.12. The standard InChI is InChI=1S/C16H14BrN3S/c1-2-21-16-19-18-15(13-10-6-7-11-14(13)17)20(16)12-8-4-3-5-9-12/h3-11H,2H2,1H3. The van der Waals surface area contributed by atoms with E-state index in [1.165, 1.54) is 0 Å². The molecule has 21 heavy (non-hydrogen) atoms. The lowest BCUT2D eigenvalue weighted by Crippen LogP contribution is -1.99. The highest BCUT2D eigenvalue weighted by atomic mass is 79.9. The number of thioether (sulfide) groups is 1. The zero-order valence-electron chi connectivity index (χ0n) is 11.5. The average Bonchev–Trinajstić information content (AvgIpc) is 2.92. The molecule has 3 nitrogen and oxygen atoms in total. The zero-order valence-corrected chi connectivity index (χ0v) is 13.9. The summed E-state index contributed by atoms with van der Waals surface area (Å²) < 4.78 is 3.12. The Morgan fingerprint density at radius 3 is 2.43 bits per heavy atom. The fourth-order valence-corrected chi connectivity index (χ4v) is 3.26. The van der Waals surface area contributed by atoms with E-state index in [0.29, 0.717) is 0 Å². The molecule has 0 atom stereocenters. The Balaban J connectivity index is 2.21. The molecule has 0 aliphatic carbocycles. The van der Waals surface area contributed by atoms with Crippen LogP contribution in [0, 0.1) is 0 Å². The van der Waals surface area contributed by atoms with Gasteiger partial charge in [0.2, 0.25) is 0 Å².